The van der Waals surface area contributed by atoms with Gasteiger partial charge in [-0.15, -0.1) is 6.42 Å². The van der Waals surface area contributed by atoms with E-state index in [1.165, 1.54) is 0 Å². The van der Waals surface area contributed by atoms with Gasteiger partial charge in [0.25, 0.3) is 0 Å². The molecule has 0 spiro atoms. The normalized spacial score (nSPS) is 10.6. The highest BCUT2D eigenvalue weighted by Gasteiger charge is 1.95. The number of guanidine groups is 1. The van der Waals surface area contributed by atoms with Gasteiger partial charge < -0.3 is 15.4 Å². The van der Waals surface area contributed by atoms with E-state index >= 15 is 0 Å². The van der Waals surface area contributed by atoms with Gasteiger partial charge in [0.1, 0.15) is 12.4 Å². The van der Waals surface area contributed by atoms with E-state index in [2.05, 4.69) is 26.5 Å². The van der Waals surface area contributed by atoms with Gasteiger partial charge in [0.2, 0.25) is 0 Å². The Labute approximate surface area is 108 Å². The van der Waals surface area contributed by atoms with Crippen molar-refractivity contribution in [3.8, 4) is 18.1 Å². The molecule has 1 aromatic rings. The fourth-order valence-corrected chi connectivity index (χ4v) is 1.23. The Bertz CT molecular complexity index is 397. The van der Waals surface area contributed by atoms with Crippen LogP contribution in [0.15, 0.2) is 29.5 Å². The molecule has 96 valence electrons. The Hall–Kier alpha value is -2.22. The van der Waals surface area contributed by atoms with Gasteiger partial charge >= 0.3 is 0 Å². The second kappa shape index (κ2) is 8.88. The molecule has 1 rings (SSSR count). The van der Waals surface area contributed by atoms with Crippen molar-refractivity contribution in [1.82, 2.24) is 15.6 Å². The lowest BCUT2D eigenvalue weighted by Crippen LogP contribution is -2.37. The Balaban J connectivity index is 2.30. The molecule has 0 atom stereocenters. The van der Waals surface area contributed by atoms with Gasteiger partial charge in [-0.2, -0.15) is 0 Å². The maximum atomic E-state index is 5.47. The summed E-state index contributed by atoms with van der Waals surface area (Å²) >= 11 is 0. The van der Waals surface area contributed by atoms with E-state index in [4.69, 9.17) is 11.2 Å². The molecule has 18 heavy (non-hydrogen) atoms. The van der Waals surface area contributed by atoms with Crippen LogP contribution in [0.25, 0.3) is 0 Å². The number of aliphatic imine (C=N–C) groups is 1. The Morgan fingerprint density at radius 3 is 3.11 bits per heavy atom. The molecule has 0 saturated carbocycles. The van der Waals surface area contributed by atoms with Crippen molar-refractivity contribution in [3.05, 3.63) is 24.5 Å². The molecule has 0 bridgehead atoms. The average molecular weight is 246 g/mol. The molecule has 1 aromatic heterocycles. The molecule has 0 fully saturated rings. The standard InChI is InChI=1S/C13H18N4O/c1-3-7-16-13(15-4-2)17-9-10-18-12-6-5-8-14-11-12/h1,5-6,8,11H,4,7,9-10H2,2H3,(H2,15,16,17). The molecule has 0 amide bonds. The highest BCUT2D eigenvalue weighted by molar-refractivity contribution is 5.79. The Morgan fingerprint density at radius 1 is 1.56 bits per heavy atom. The second-order valence-electron chi connectivity index (χ2n) is 3.36. The van der Waals surface area contributed by atoms with E-state index in [0.29, 0.717) is 25.7 Å². The Kier molecular flexibility index (Phi) is 6.83. The van der Waals surface area contributed by atoms with Gasteiger partial charge in [-0.25, -0.2) is 4.99 Å². The van der Waals surface area contributed by atoms with Crippen molar-refractivity contribution >= 4 is 5.96 Å². The van der Waals surface area contributed by atoms with Crippen molar-refractivity contribution in [3.63, 3.8) is 0 Å². The largest absolute Gasteiger partial charge is 0.490 e. The number of rotatable bonds is 6. The predicted molar refractivity (Wildman–Crippen MR) is 72.5 cm³/mol. The number of ether oxygens (including phenoxy) is 1. The van der Waals surface area contributed by atoms with Gasteiger partial charge in [-0.05, 0) is 19.1 Å². The molecule has 1 heterocycles. The zero-order valence-electron chi connectivity index (χ0n) is 10.5. The highest BCUT2D eigenvalue weighted by Crippen LogP contribution is 2.05. The van der Waals surface area contributed by atoms with E-state index in [1.54, 1.807) is 12.4 Å². The lowest BCUT2D eigenvalue weighted by molar-refractivity contribution is 0.327. The molecule has 0 aromatic carbocycles. The van der Waals surface area contributed by atoms with E-state index < -0.39 is 0 Å². The van der Waals surface area contributed by atoms with Crippen molar-refractivity contribution in [2.45, 2.75) is 6.92 Å². The SMILES string of the molecule is C#CCNC(=NCCOc1cccnc1)NCC. The lowest BCUT2D eigenvalue weighted by atomic mass is 10.5. The van der Waals surface area contributed by atoms with Crippen LogP contribution in [0, 0.1) is 12.3 Å². The molecular weight excluding hydrogens is 228 g/mol. The summed E-state index contributed by atoms with van der Waals surface area (Å²) in [4.78, 5) is 8.28. The van der Waals surface area contributed by atoms with Crippen LogP contribution < -0.4 is 15.4 Å². The third-order valence-corrected chi connectivity index (χ3v) is 1.97. The Morgan fingerprint density at radius 2 is 2.44 bits per heavy atom. The lowest BCUT2D eigenvalue weighted by Gasteiger charge is -2.09. The highest BCUT2D eigenvalue weighted by atomic mass is 16.5. The molecular formula is C13H18N4O. The first-order valence-corrected chi connectivity index (χ1v) is 5.85. The van der Waals surface area contributed by atoms with E-state index in [0.717, 1.165) is 12.3 Å². The summed E-state index contributed by atoms with van der Waals surface area (Å²) in [6.45, 7) is 4.29. The number of hydrogen-bond donors (Lipinski definition) is 2. The minimum Gasteiger partial charge on any atom is -0.490 e. The number of hydrogen-bond acceptors (Lipinski definition) is 3. The fraction of sp³-hybridized carbons (Fsp3) is 0.385. The average Bonchev–Trinajstić information content (AvgIpc) is 2.42. The quantitative estimate of drug-likeness (QED) is 0.335. The molecule has 2 N–H and O–H groups in total. The van der Waals surface area contributed by atoms with Crippen molar-refractivity contribution in [2.75, 3.05) is 26.2 Å². The van der Waals surface area contributed by atoms with Crippen LogP contribution in [0.1, 0.15) is 6.92 Å². The third kappa shape index (κ3) is 5.75. The predicted octanol–water partition coefficient (Wildman–Crippen LogP) is 0.649. The summed E-state index contributed by atoms with van der Waals surface area (Å²) < 4.78 is 5.47. The zero-order chi connectivity index (χ0) is 13.1. The number of nitrogens with zero attached hydrogens (tertiary/aromatic N) is 2. The van der Waals surface area contributed by atoms with Gasteiger partial charge in [0, 0.05) is 12.7 Å². The van der Waals surface area contributed by atoms with Gasteiger partial charge in [0.15, 0.2) is 5.96 Å². The first-order valence-electron chi connectivity index (χ1n) is 5.85. The van der Waals surface area contributed by atoms with Crippen LogP contribution in [0.2, 0.25) is 0 Å². The summed E-state index contributed by atoms with van der Waals surface area (Å²) in [5.41, 5.74) is 0. The number of pyridine rings is 1. The molecule has 5 heteroatoms. The number of terminal acetylenes is 1. The van der Waals surface area contributed by atoms with Gasteiger partial charge in [-0.1, -0.05) is 5.92 Å². The summed E-state index contributed by atoms with van der Waals surface area (Å²) in [5, 5.41) is 6.10. The minimum atomic E-state index is 0.454. The smallest absolute Gasteiger partial charge is 0.192 e. The van der Waals surface area contributed by atoms with Gasteiger partial charge in [0.05, 0.1) is 19.3 Å². The van der Waals surface area contributed by atoms with E-state index in [1.807, 2.05) is 19.1 Å². The molecule has 0 saturated heterocycles. The van der Waals surface area contributed by atoms with Crippen LogP contribution in [0.4, 0.5) is 0 Å². The molecule has 0 aliphatic carbocycles. The summed E-state index contributed by atoms with van der Waals surface area (Å²) in [7, 11) is 0. The van der Waals surface area contributed by atoms with E-state index in [-0.39, 0.29) is 0 Å². The number of aromatic nitrogens is 1. The van der Waals surface area contributed by atoms with Crippen molar-refractivity contribution in [2.24, 2.45) is 4.99 Å². The first-order chi connectivity index (χ1) is 8.86. The third-order valence-electron chi connectivity index (χ3n) is 1.97. The molecule has 0 radical (unpaired) electrons. The maximum absolute atomic E-state index is 5.47. The van der Waals surface area contributed by atoms with Crippen LogP contribution in [-0.4, -0.2) is 37.2 Å². The van der Waals surface area contributed by atoms with Crippen molar-refractivity contribution in [1.29, 1.82) is 0 Å². The molecule has 5 nitrogen and oxygen atoms in total. The summed E-state index contributed by atoms with van der Waals surface area (Å²) in [6, 6.07) is 3.69. The van der Waals surface area contributed by atoms with Crippen LogP contribution in [0.3, 0.4) is 0 Å². The fourth-order valence-electron chi connectivity index (χ4n) is 1.23. The van der Waals surface area contributed by atoms with Gasteiger partial charge in [-0.3, -0.25) is 4.98 Å². The molecule has 0 aliphatic heterocycles. The summed E-state index contributed by atoms with van der Waals surface area (Å²) in [6.07, 6.45) is 8.56. The van der Waals surface area contributed by atoms with Crippen LogP contribution in [-0.2, 0) is 0 Å². The molecule has 0 unspecified atom stereocenters. The van der Waals surface area contributed by atoms with Crippen LogP contribution >= 0.6 is 0 Å². The zero-order valence-corrected chi connectivity index (χ0v) is 10.5. The monoisotopic (exact) mass is 246 g/mol. The van der Waals surface area contributed by atoms with Crippen molar-refractivity contribution < 1.29 is 4.74 Å². The second-order valence-corrected chi connectivity index (χ2v) is 3.36. The molecule has 0 aliphatic rings. The summed E-state index contributed by atoms with van der Waals surface area (Å²) in [5.74, 6) is 3.95. The number of nitrogens with one attached hydrogen (secondary N) is 2. The van der Waals surface area contributed by atoms with Crippen LogP contribution in [0.5, 0.6) is 5.75 Å². The first kappa shape index (κ1) is 13.8. The minimum absolute atomic E-state index is 0.454. The van der Waals surface area contributed by atoms with E-state index in [9.17, 15) is 0 Å². The maximum Gasteiger partial charge on any atom is 0.192 e. The topological polar surface area (TPSA) is 58.5 Å².